The highest BCUT2D eigenvalue weighted by atomic mass is 32.1. The number of alkyl halides is 2. The molecule has 0 unspecified atom stereocenters. The predicted octanol–water partition coefficient (Wildman–Crippen LogP) is 2.83. The van der Waals surface area contributed by atoms with Crippen molar-refractivity contribution in [2.45, 2.75) is 6.43 Å². The Labute approximate surface area is 118 Å². The Balaban J connectivity index is 2.39. The highest BCUT2D eigenvalue weighted by Gasteiger charge is 2.21. The minimum Gasteiger partial charge on any atom is -0.497 e. The van der Waals surface area contributed by atoms with E-state index in [1.54, 1.807) is 25.3 Å². The molecule has 0 atom stereocenters. The predicted molar refractivity (Wildman–Crippen MR) is 75.8 cm³/mol. The summed E-state index contributed by atoms with van der Waals surface area (Å²) in [5, 5.41) is 0.726. The molecular formula is C13H14F2N2O2S. The molecule has 0 aliphatic rings. The molecule has 108 valence electrons. The number of nitrogens with two attached hydrogens (primary N) is 1. The maximum Gasteiger partial charge on any atom is 0.266 e. The molecule has 0 radical (unpaired) electrons. The number of nitrogens with zero attached hydrogens (tertiary/aromatic N) is 1. The summed E-state index contributed by atoms with van der Waals surface area (Å²) < 4.78 is 30.5. The van der Waals surface area contributed by atoms with E-state index in [2.05, 4.69) is 0 Å². The van der Waals surface area contributed by atoms with Gasteiger partial charge in [-0.15, -0.1) is 11.3 Å². The number of anilines is 1. The summed E-state index contributed by atoms with van der Waals surface area (Å²) in [5.74, 6) is 0.154. The molecule has 20 heavy (non-hydrogen) atoms. The lowest BCUT2D eigenvalue weighted by Crippen LogP contribution is -2.31. The van der Waals surface area contributed by atoms with Crippen molar-refractivity contribution in [3.8, 4) is 5.75 Å². The number of benzene rings is 1. The van der Waals surface area contributed by atoms with Crippen LogP contribution in [-0.4, -0.2) is 37.9 Å². The van der Waals surface area contributed by atoms with E-state index in [4.69, 9.17) is 10.5 Å². The van der Waals surface area contributed by atoms with E-state index in [9.17, 15) is 13.6 Å². The van der Waals surface area contributed by atoms with Gasteiger partial charge in [0.25, 0.3) is 12.3 Å². The Hall–Kier alpha value is -1.89. The fourth-order valence-electron chi connectivity index (χ4n) is 1.85. The first-order valence-corrected chi connectivity index (χ1v) is 6.65. The molecule has 0 saturated heterocycles. The van der Waals surface area contributed by atoms with Gasteiger partial charge >= 0.3 is 0 Å². The fraction of sp³-hybridized carbons (Fsp3) is 0.308. The quantitative estimate of drug-likeness (QED) is 0.944. The minimum atomic E-state index is -2.57. The number of hydrogen-bond donors (Lipinski definition) is 1. The monoisotopic (exact) mass is 300 g/mol. The average Bonchev–Trinajstić information content (AvgIpc) is 2.73. The molecule has 1 aromatic carbocycles. The van der Waals surface area contributed by atoms with Crippen LogP contribution in [0, 0.1) is 0 Å². The zero-order valence-electron chi connectivity index (χ0n) is 11.0. The molecule has 1 aromatic heterocycles. The van der Waals surface area contributed by atoms with Gasteiger partial charge in [0.15, 0.2) is 0 Å². The lowest BCUT2D eigenvalue weighted by molar-refractivity contribution is 0.0625. The maximum atomic E-state index is 12.3. The largest absolute Gasteiger partial charge is 0.497 e. The van der Waals surface area contributed by atoms with E-state index in [1.807, 2.05) is 0 Å². The van der Waals surface area contributed by atoms with E-state index < -0.39 is 18.9 Å². The van der Waals surface area contributed by atoms with Crippen molar-refractivity contribution in [3.63, 3.8) is 0 Å². The van der Waals surface area contributed by atoms with E-state index in [1.165, 1.54) is 18.4 Å². The summed E-state index contributed by atoms with van der Waals surface area (Å²) in [6.45, 7) is -0.615. The third-order valence-corrected chi connectivity index (χ3v) is 4.04. The molecule has 0 saturated carbocycles. The SMILES string of the molecule is COc1ccc2c(N)c(C(=O)N(C)CC(F)F)sc2c1. The van der Waals surface area contributed by atoms with Gasteiger partial charge in [0, 0.05) is 17.1 Å². The molecule has 2 aromatic rings. The highest BCUT2D eigenvalue weighted by Crippen LogP contribution is 2.36. The van der Waals surface area contributed by atoms with E-state index in [0.29, 0.717) is 11.4 Å². The first kappa shape index (κ1) is 14.5. The van der Waals surface area contributed by atoms with Crippen LogP contribution in [0.5, 0.6) is 5.75 Å². The van der Waals surface area contributed by atoms with Gasteiger partial charge in [0.2, 0.25) is 0 Å². The van der Waals surface area contributed by atoms with Gasteiger partial charge < -0.3 is 15.4 Å². The smallest absolute Gasteiger partial charge is 0.266 e. The molecule has 2 N–H and O–H groups in total. The number of hydrogen-bond acceptors (Lipinski definition) is 4. The molecule has 0 aliphatic heterocycles. The number of halogens is 2. The summed E-state index contributed by atoms with van der Waals surface area (Å²) in [6.07, 6.45) is -2.57. The van der Waals surface area contributed by atoms with Crippen LogP contribution in [0.3, 0.4) is 0 Å². The topological polar surface area (TPSA) is 55.6 Å². The van der Waals surface area contributed by atoms with E-state index >= 15 is 0 Å². The Morgan fingerprint density at radius 2 is 2.20 bits per heavy atom. The van der Waals surface area contributed by atoms with Crippen molar-refractivity contribution in [2.75, 3.05) is 26.4 Å². The number of carbonyl (C=O) groups is 1. The van der Waals surface area contributed by atoms with Gasteiger partial charge in [-0.2, -0.15) is 0 Å². The van der Waals surface area contributed by atoms with Crippen LogP contribution in [0.4, 0.5) is 14.5 Å². The van der Waals surface area contributed by atoms with Crippen LogP contribution < -0.4 is 10.5 Å². The normalized spacial score (nSPS) is 11.1. The molecule has 2 rings (SSSR count). The molecule has 0 fully saturated rings. The van der Waals surface area contributed by atoms with Crippen molar-refractivity contribution in [2.24, 2.45) is 0 Å². The van der Waals surface area contributed by atoms with Crippen molar-refractivity contribution in [1.82, 2.24) is 4.90 Å². The first-order chi connectivity index (χ1) is 9.43. The van der Waals surface area contributed by atoms with Crippen molar-refractivity contribution >= 4 is 33.0 Å². The third kappa shape index (κ3) is 2.67. The summed E-state index contributed by atoms with van der Waals surface area (Å²) >= 11 is 1.18. The van der Waals surface area contributed by atoms with E-state index in [0.717, 1.165) is 15.0 Å². The lowest BCUT2D eigenvalue weighted by Gasteiger charge is -2.15. The maximum absolute atomic E-state index is 12.3. The van der Waals surface area contributed by atoms with Gasteiger partial charge in [-0.25, -0.2) is 8.78 Å². The average molecular weight is 300 g/mol. The minimum absolute atomic E-state index is 0.274. The lowest BCUT2D eigenvalue weighted by atomic mass is 10.2. The molecule has 7 heteroatoms. The Morgan fingerprint density at radius 3 is 2.80 bits per heavy atom. The van der Waals surface area contributed by atoms with Gasteiger partial charge in [-0.3, -0.25) is 4.79 Å². The molecule has 1 heterocycles. The third-order valence-electron chi connectivity index (χ3n) is 2.89. The number of methoxy groups -OCH3 is 1. The van der Waals surface area contributed by atoms with Crippen molar-refractivity contribution in [3.05, 3.63) is 23.1 Å². The number of carbonyl (C=O) groups excluding carboxylic acids is 1. The zero-order valence-corrected chi connectivity index (χ0v) is 11.8. The Kier molecular flexibility index (Phi) is 4.08. The summed E-state index contributed by atoms with van der Waals surface area (Å²) in [6, 6.07) is 5.26. The van der Waals surface area contributed by atoms with Crippen LogP contribution in [0.2, 0.25) is 0 Å². The molecule has 4 nitrogen and oxygen atoms in total. The zero-order chi connectivity index (χ0) is 14.9. The van der Waals surface area contributed by atoms with Crippen LogP contribution in [0.1, 0.15) is 9.67 Å². The van der Waals surface area contributed by atoms with Gasteiger partial charge in [-0.1, -0.05) is 0 Å². The van der Waals surface area contributed by atoms with Gasteiger partial charge in [0.1, 0.15) is 10.6 Å². The van der Waals surface area contributed by atoms with Crippen LogP contribution in [0.15, 0.2) is 18.2 Å². The number of rotatable bonds is 4. The highest BCUT2D eigenvalue weighted by molar-refractivity contribution is 7.21. The second-order valence-corrected chi connectivity index (χ2v) is 5.34. The number of amides is 1. The van der Waals surface area contributed by atoms with E-state index in [-0.39, 0.29) is 4.88 Å². The molecular weight excluding hydrogens is 286 g/mol. The summed E-state index contributed by atoms with van der Waals surface area (Å²) in [7, 11) is 2.87. The number of fused-ring (bicyclic) bond motifs is 1. The molecule has 0 bridgehead atoms. The van der Waals surface area contributed by atoms with Crippen LogP contribution >= 0.6 is 11.3 Å². The Bertz CT molecular complexity index is 643. The number of thiophene rings is 1. The van der Waals surface area contributed by atoms with Gasteiger partial charge in [-0.05, 0) is 18.2 Å². The number of nitrogen functional groups attached to an aromatic ring is 1. The summed E-state index contributed by atoms with van der Waals surface area (Å²) in [5.41, 5.74) is 6.25. The molecule has 0 aliphatic carbocycles. The first-order valence-electron chi connectivity index (χ1n) is 5.83. The molecule has 0 spiro atoms. The molecule has 1 amide bonds. The Morgan fingerprint density at radius 1 is 1.50 bits per heavy atom. The number of ether oxygens (including phenoxy) is 1. The van der Waals surface area contributed by atoms with Crippen LogP contribution in [-0.2, 0) is 0 Å². The van der Waals surface area contributed by atoms with Gasteiger partial charge in [0.05, 0.1) is 19.3 Å². The van der Waals surface area contributed by atoms with Crippen LogP contribution in [0.25, 0.3) is 10.1 Å². The second kappa shape index (κ2) is 5.62. The standard InChI is InChI=1S/C13H14F2N2O2S/c1-17(6-10(14)15)13(18)12-11(16)8-4-3-7(19-2)5-9(8)20-12/h3-5,10H,6,16H2,1-2H3. The summed E-state index contributed by atoms with van der Waals surface area (Å²) in [4.78, 5) is 13.4. The van der Waals surface area contributed by atoms with Crippen molar-refractivity contribution in [1.29, 1.82) is 0 Å². The second-order valence-electron chi connectivity index (χ2n) is 4.28. The van der Waals surface area contributed by atoms with Crippen molar-refractivity contribution < 1.29 is 18.3 Å². The fourth-order valence-corrected chi connectivity index (χ4v) is 2.99.